The SMILES string of the molecule is CCNc1ncccc1S(=O)(=O)N(C)CCOCC. The maximum Gasteiger partial charge on any atom is 0.246 e. The molecule has 1 aromatic heterocycles. The lowest BCUT2D eigenvalue weighted by molar-refractivity contribution is 0.138. The third-order valence-corrected chi connectivity index (χ3v) is 4.45. The molecule has 0 amide bonds. The predicted octanol–water partition coefficient (Wildman–Crippen LogP) is 1.17. The monoisotopic (exact) mass is 287 g/mol. The van der Waals surface area contributed by atoms with Crippen LogP contribution >= 0.6 is 0 Å². The first-order chi connectivity index (χ1) is 9.04. The highest BCUT2D eigenvalue weighted by atomic mass is 32.2. The predicted molar refractivity (Wildman–Crippen MR) is 74.7 cm³/mol. The minimum absolute atomic E-state index is 0.191. The van der Waals surface area contributed by atoms with E-state index in [0.717, 1.165) is 0 Å². The van der Waals surface area contributed by atoms with Crippen LogP contribution in [-0.2, 0) is 14.8 Å². The Morgan fingerprint density at radius 2 is 2.16 bits per heavy atom. The Hall–Kier alpha value is -1.18. The van der Waals surface area contributed by atoms with Crippen LogP contribution in [0.2, 0.25) is 0 Å². The summed E-state index contributed by atoms with van der Waals surface area (Å²) in [4.78, 5) is 4.26. The van der Waals surface area contributed by atoms with Crippen LogP contribution in [0.5, 0.6) is 0 Å². The molecule has 0 saturated carbocycles. The number of sulfonamides is 1. The Morgan fingerprint density at radius 3 is 2.79 bits per heavy atom. The average Bonchev–Trinajstić information content (AvgIpc) is 2.39. The molecule has 1 rings (SSSR count). The maximum absolute atomic E-state index is 12.4. The molecule has 0 radical (unpaired) electrons. The van der Waals surface area contributed by atoms with Crippen molar-refractivity contribution in [2.45, 2.75) is 18.7 Å². The number of likely N-dealkylation sites (N-methyl/N-ethyl adjacent to an activating group) is 1. The van der Waals surface area contributed by atoms with Crippen LogP contribution in [0.3, 0.4) is 0 Å². The molecule has 108 valence electrons. The number of hydrogen-bond donors (Lipinski definition) is 1. The normalized spacial score (nSPS) is 11.8. The average molecular weight is 287 g/mol. The van der Waals surface area contributed by atoms with Gasteiger partial charge in [-0.1, -0.05) is 0 Å². The number of pyridine rings is 1. The molecule has 7 heteroatoms. The van der Waals surface area contributed by atoms with E-state index in [1.54, 1.807) is 18.3 Å². The fourth-order valence-electron chi connectivity index (χ4n) is 1.52. The summed E-state index contributed by atoms with van der Waals surface area (Å²) in [6.07, 6.45) is 1.57. The Kier molecular flexibility index (Phi) is 6.20. The van der Waals surface area contributed by atoms with E-state index in [0.29, 0.717) is 32.1 Å². The smallest absolute Gasteiger partial charge is 0.246 e. The zero-order valence-electron chi connectivity index (χ0n) is 11.6. The molecule has 1 aromatic rings. The molecule has 0 aliphatic rings. The summed E-state index contributed by atoms with van der Waals surface area (Å²) in [5.41, 5.74) is 0. The van der Waals surface area contributed by atoms with Gasteiger partial charge in [-0.3, -0.25) is 0 Å². The molecule has 0 aliphatic heterocycles. The lowest BCUT2D eigenvalue weighted by atomic mass is 10.4. The van der Waals surface area contributed by atoms with Crippen LogP contribution in [0.1, 0.15) is 13.8 Å². The fraction of sp³-hybridized carbons (Fsp3) is 0.583. The van der Waals surface area contributed by atoms with Crippen LogP contribution in [-0.4, -0.2) is 51.1 Å². The molecule has 19 heavy (non-hydrogen) atoms. The van der Waals surface area contributed by atoms with Gasteiger partial charge in [0, 0.05) is 32.9 Å². The summed E-state index contributed by atoms with van der Waals surface area (Å²) in [6.45, 7) is 5.65. The van der Waals surface area contributed by atoms with Crippen molar-refractivity contribution in [3.63, 3.8) is 0 Å². The Balaban J connectivity index is 2.93. The lowest BCUT2D eigenvalue weighted by Crippen LogP contribution is -2.31. The van der Waals surface area contributed by atoms with E-state index in [2.05, 4.69) is 10.3 Å². The summed E-state index contributed by atoms with van der Waals surface area (Å²) >= 11 is 0. The van der Waals surface area contributed by atoms with Crippen molar-refractivity contribution in [2.24, 2.45) is 0 Å². The van der Waals surface area contributed by atoms with Gasteiger partial charge in [-0.15, -0.1) is 0 Å². The van der Waals surface area contributed by atoms with Gasteiger partial charge in [0.1, 0.15) is 10.7 Å². The maximum atomic E-state index is 12.4. The quantitative estimate of drug-likeness (QED) is 0.727. The Morgan fingerprint density at radius 1 is 1.42 bits per heavy atom. The van der Waals surface area contributed by atoms with Crippen molar-refractivity contribution in [3.8, 4) is 0 Å². The summed E-state index contributed by atoms with van der Waals surface area (Å²) in [5.74, 6) is 0.383. The van der Waals surface area contributed by atoms with E-state index in [-0.39, 0.29) is 4.90 Å². The van der Waals surface area contributed by atoms with E-state index in [1.165, 1.54) is 11.4 Å². The molecule has 0 atom stereocenters. The Labute approximate surface area is 114 Å². The minimum atomic E-state index is -3.54. The molecule has 0 unspecified atom stereocenters. The summed E-state index contributed by atoms with van der Waals surface area (Å²) in [6, 6.07) is 3.17. The van der Waals surface area contributed by atoms with E-state index in [1.807, 2.05) is 13.8 Å². The molecular formula is C12H21N3O3S. The number of aromatic nitrogens is 1. The largest absolute Gasteiger partial charge is 0.380 e. The van der Waals surface area contributed by atoms with E-state index in [9.17, 15) is 8.42 Å². The fourth-order valence-corrected chi connectivity index (χ4v) is 2.79. The van der Waals surface area contributed by atoms with Gasteiger partial charge in [-0.05, 0) is 26.0 Å². The molecule has 0 fully saturated rings. The zero-order chi connectivity index (χ0) is 14.3. The highest BCUT2D eigenvalue weighted by molar-refractivity contribution is 7.89. The second kappa shape index (κ2) is 7.42. The molecule has 6 nitrogen and oxygen atoms in total. The van der Waals surface area contributed by atoms with E-state index in [4.69, 9.17) is 4.74 Å². The van der Waals surface area contributed by atoms with E-state index >= 15 is 0 Å². The van der Waals surface area contributed by atoms with Crippen molar-refractivity contribution in [1.29, 1.82) is 0 Å². The van der Waals surface area contributed by atoms with Crippen molar-refractivity contribution in [2.75, 3.05) is 38.7 Å². The van der Waals surface area contributed by atoms with Gasteiger partial charge in [0.05, 0.1) is 6.61 Å². The second-order valence-corrected chi connectivity index (χ2v) is 5.92. The number of nitrogens with one attached hydrogen (secondary N) is 1. The van der Waals surface area contributed by atoms with Crippen molar-refractivity contribution in [3.05, 3.63) is 18.3 Å². The summed E-state index contributed by atoms with van der Waals surface area (Å²) in [5, 5.41) is 2.96. The van der Waals surface area contributed by atoms with E-state index < -0.39 is 10.0 Å². The van der Waals surface area contributed by atoms with Crippen molar-refractivity contribution >= 4 is 15.8 Å². The molecule has 0 bridgehead atoms. The first-order valence-electron chi connectivity index (χ1n) is 6.27. The number of nitrogens with zero attached hydrogens (tertiary/aromatic N) is 2. The third-order valence-electron chi connectivity index (χ3n) is 2.56. The highest BCUT2D eigenvalue weighted by Crippen LogP contribution is 2.21. The standard InChI is InChI=1S/C12H21N3O3S/c1-4-13-12-11(7-6-8-14-12)19(16,17)15(3)9-10-18-5-2/h6-8H,4-5,9-10H2,1-3H3,(H,13,14). The third kappa shape index (κ3) is 4.15. The molecular weight excluding hydrogens is 266 g/mol. The van der Waals surface area contributed by atoms with Gasteiger partial charge in [0.25, 0.3) is 0 Å². The lowest BCUT2D eigenvalue weighted by Gasteiger charge is -2.18. The first-order valence-corrected chi connectivity index (χ1v) is 7.71. The second-order valence-electron chi connectivity index (χ2n) is 3.90. The highest BCUT2D eigenvalue weighted by Gasteiger charge is 2.24. The van der Waals surface area contributed by atoms with Gasteiger partial charge >= 0.3 is 0 Å². The van der Waals surface area contributed by atoms with Crippen LogP contribution < -0.4 is 5.32 Å². The Bertz CT molecular complexity index is 491. The number of anilines is 1. The molecule has 1 heterocycles. The van der Waals surface area contributed by atoms with Crippen LogP contribution in [0.4, 0.5) is 5.82 Å². The van der Waals surface area contributed by atoms with Gasteiger partial charge in [0.15, 0.2) is 0 Å². The van der Waals surface area contributed by atoms with Crippen LogP contribution in [0.15, 0.2) is 23.2 Å². The number of rotatable bonds is 8. The topological polar surface area (TPSA) is 71.5 Å². The molecule has 1 N–H and O–H groups in total. The number of hydrogen-bond acceptors (Lipinski definition) is 5. The van der Waals surface area contributed by atoms with Crippen LogP contribution in [0, 0.1) is 0 Å². The zero-order valence-corrected chi connectivity index (χ0v) is 12.4. The summed E-state index contributed by atoms with van der Waals surface area (Å²) in [7, 11) is -2.01. The van der Waals surface area contributed by atoms with Crippen molar-refractivity contribution in [1.82, 2.24) is 9.29 Å². The molecule has 0 spiro atoms. The molecule has 0 saturated heterocycles. The molecule has 0 aromatic carbocycles. The number of ether oxygens (including phenoxy) is 1. The van der Waals surface area contributed by atoms with Gasteiger partial charge in [-0.25, -0.2) is 13.4 Å². The van der Waals surface area contributed by atoms with Gasteiger partial charge in [0.2, 0.25) is 10.0 Å². The van der Waals surface area contributed by atoms with Crippen LogP contribution in [0.25, 0.3) is 0 Å². The summed E-state index contributed by atoms with van der Waals surface area (Å²) < 4.78 is 31.3. The van der Waals surface area contributed by atoms with Crippen molar-refractivity contribution < 1.29 is 13.2 Å². The van der Waals surface area contributed by atoms with Gasteiger partial charge < -0.3 is 10.1 Å². The first kappa shape index (κ1) is 15.9. The molecule has 0 aliphatic carbocycles. The minimum Gasteiger partial charge on any atom is -0.380 e. The van der Waals surface area contributed by atoms with Gasteiger partial charge in [-0.2, -0.15) is 4.31 Å².